The first-order valence-electron chi connectivity index (χ1n) is 5.29. The van der Waals surface area contributed by atoms with Crippen molar-refractivity contribution in [1.29, 1.82) is 0 Å². The number of carbonyl (C=O) groups excluding carboxylic acids is 1. The third-order valence-corrected chi connectivity index (χ3v) is 3.10. The number of hydrogen-bond donors (Lipinski definition) is 2. The molecule has 0 saturated carbocycles. The summed E-state index contributed by atoms with van der Waals surface area (Å²) in [5.74, 6) is -0.0697. The Bertz CT molecular complexity index is 375. The third-order valence-electron chi connectivity index (χ3n) is 2.86. The standard InChI is InChI=1S/C12H17ClN2O/c1-3-12(2,8-14)11(16)15-10-6-4-5-9(13)7-10/h4-7H,3,8,14H2,1-2H3,(H,15,16). The van der Waals surface area contributed by atoms with Crippen LogP contribution in [0.2, 0.25) is 5.02 Å². The van der Waals surface area contributed by atoms with E-state index in [9.17, 15) is 4.79 Å². The Kier molecular flexibility index (Phi) is 4.33. The Hall–Kier alpha value is -1.06. The molecular formula is C12H17ClN2O. The zero-order chi connectivity index (χ0) is 12.2. The first-order valence-corrected chi connectivity index (χ1v) is 5.66. The van der Waals surface area contributed by atoms with Crippen LogP contribution in [0.25, 0.3) is 0 Å². The van der Waals surface area contributed by atoms with E-state index in [0.717, 1.165) is 0 Å². The first-order chi connectivity index (χ1) is 7.51. The second-order valence-electron chi connectivity index (χ2n) is 4.08. The van der Waals surface area contributed by atoms with Crippen molar-refractivity contribution in [3.05, 3.63) is 29.3 Å². The number of halogens is 1. The van der Waals surface area contributed by atoms with Crippen molar-refractivity contribution in [3.63, 3.8) is 0 Å². The summed E-state index contributed by atoms with van der Waals surface area (Å²) in [5, 5.41) is 3.42. The number of benzene rings is 1. The summed E-state index contributed by atoms with van der Waals surface area (Å²) in [6, 6.07) is 7.07. The van der Waals surface area contributed by atoms with Crippen molar-refractivity contribution in [2.45, 2.75) is 20.3 Å². The highest BCUT2D eigenvalue weighted by Crippen LogP contribution is 2.23. The van der Waals surface area contributed by atoms with Crippen LogP contribution in [0.1, 0.15) is 20.3 Å². The first kappa shape index (κ1) is 13.0. The number of amides is 1. The maximum absolute atomic E-state index is 12.0. The molecule has 1 unspecified atom stereocenters. The van der Waals surface area contributed by atoms with Crippen LogP contribution < -0.4 is 11.1 Å². The minimum Gasteiger partial charge on any atom is -0.329 e. The van der Waals surface area contributed by atoms with Gasteiger partial charge in [0.2, 0.25) is 5.91 Å². The minimum absolute atomic E-state index is 0.0697. The van der Waals surface area contributed by atoms with Gasteiger partial charge in [0, 0.05) is 17.3 Å². The fourth-order valence-corrected chi connectivity index (χ4v) is 1.44. The summed E-state index contributed by atoms with van der Waals surface area (Å²) in [6.07, 6.45) is 0.704. The number of anilines is 1. The second-order valence-corrected chi connectivity index (χ2v) is 4.52. The van der Waals surface area contributed by atoms with Crippen LogP contribution in [0, 0.1) is 5.41 Å². The van der Waals surface area contributed by atoms with Crippen molar-refractivity contribution in [1.82, 2.24) is 0 Å². The van der Waals surface area contributed by atoms with Gasteiger partial charge >= 0.3 is 0 Å². The average Bonchev–Trinajstić information content (AvgIpc) is 2.28. The van der Waals surface area contributed by atoms with E-state index in [4.69, 9.17) is 17.3 Å². The Balaban J connectivity index is 2.78. The highest BCUT2D eigenvalue weighted by molar-refractivity contribution is 6.30. The lowest BCUT2D eigenvalue weighted by Crippen LogP contribution is -2.39. The van der Waals surface area contributed by atoms with Crippen molar-refractivity contribution in [3.8, 4) is 0 Å². The molecule has 0 aliphatic carbocycles. The molecule has 0 aliphatic rings. The smallest absolute Gasteiger partial charge is 0.231 e. The van der Waals surface area contributed by atoms with Gasteiger partial charge in [-0.15, -0.1) is 0 Å². The van der Waals surface area contributed by atoms with Gasteiger partial charge in [-0.1, -0.05) is 24.6 Å². The molecule has 3 N–H and O–H groups in total. The molecule has 16 heavy (non-hydrogen) atoms. The molecule has 88 valence electrons. The van der Waals surface area contributed by atoms with E-state index in [1.807, 2.05) is 13.8 Å². The van der Waals surface area contributed by atoms with Gasteiger partial charge in [0.15, 0.2) is 0 Å². The molecule has 0 aromatic heterocycles. The zero-order valence-electron chi connectivity index (χ0n) is 9.59. The summed E-state index contributed by atoms with van der Waals surface area (Å²) in [4.78, 5) is 12.0. The van der Waals surface area contributed by atoms with E-state index >= 15 is 0 Å². The lowest BCUT2D eigenvalue weighted by Gasteiger charge is -2.24. The van der Waals surface area contributed by atoms with Gasteiger partial charge in [-0.05, 0) is 31.5 Å². The molecule has 1 aromatic carbocycles. The maximum atomic E-state index is 12.0. The number of nitrogens with two attached hydrogens (primary N) is 1. The predicted molar refractivity (Wildman–Crippen MR) is 67.5 cm³/mol. The molecule has 4 heteroatoms. The zero-order valence-corrected chi connectivity index (χ0v) is 10.3. The fraction of sp³-hybridized carbons (Fsp3) is 0.417. The summed E-state index contributed by atoms with van der Waals surface area (Å²) >= 11 is 5.83. The normalized spacial score (nSPS) is 14.2. The average molecular weight is 241 g/mol. The molecule has 0 spiro atoms. The van der Waals surface area contributed by atoms with Gasteiger partial charge in [0.1, 0.15) is 0 Å². The SMILES string of the molecule is CCC(C)(CN)C(=O)Nc1cccc(Cl)c1. The molecule has 3 nitrogen and oxygen atoms in total. The van der Waals surface area contributed by atoms with E-state index in [0.29, 0.717) is 23.7 Å². The number of hydrogen-bond acceptors (Lipinski definition) is 2. The largest absolute Gasteiger partial charge is 0.329 e. The van der Waals surface area contributed by atoms with E-state index in [1.165, 1.54) is 0 Å². The molecule has 0 aliphatic heterocycles. The van der Waals surface area contributed by atoms with Gasteiger partial charge in [0.25, 0.3) is 0 Å². The molecule has 0 radical (unpaired) electrons. The number of carbonyl (C=O) groups is 1. The van der Waals surface area contributed by atoms with Crippen molar-refractivity contribution < 1.29 is 4.79 Å². The van der Waals surface area contributed by atoms with Gasteiger partial charge in [-0.3, -0.25) is 4.79 Å². The molecule has 1 atom stereocenters. The van der Waals surface area contributed by atoms with E-state index in [-0.39, 0.29) is 5.91 Å². The van der Waals surface area contributed by atoms with Crippen LogP contribution in [0.5, 0.6) is 0 Å². The highest BCUT2D eigenvalue weighted by Gasteiger charge is 2.29. The van der Waals surface area contributed by atoms with Crippen LogP contribution in [0.15, 0.2) is 24.3 Å². The van der Waals surface area contributed by atoms with Crippen molar-refractivity contribution >= 4 is 23.2 Å². The van der Waals surface area contributed by atoms with Gasteiger partial charge in [-0.2, -0.15) is 0 Å². The number of nitrogens with one attached hydrogen (secondary N) is 1. The molecular weight excluding hydrogens is 224 g/mol. The lowest BCUT2D eigenvalue weighted by molar-refractivity contribution is -0.124. The molecule has 0 saturated heterocycles. The summed E-state index contributed by atoms with van der Waals surface area (Å²) in [6.45, 7) is 4.13. The van der Waals surface area contributed by atoms with Crippen LogP contribution in [0.3, 0.4) is 0 Å². The highest BCUT2D eigenvalue weighted by atomic mass is 35.5. The maximum Gasteiger partial charge on any atom is 0.231 e. The van der Waals surface area contributed by atoms with Crippen molar-refractivity contribution in [2.75, 3.05) is 11.9 Å². The van der Waals surface area contributed by atoms with E-state index in [1.54, 1.807) is 24.3 Å². The molecule has 0 heterocycles. The monoisotopic (exact) mass is 240 g/mol. The number of rotatable bonds is 4. The van der Waals surface area contributed by atoms with Gasteiger partial charge in [-0.25, -0.2) is 0 Å². The van der Waals surface area contributed by atoms with E-state index in [2.05, 4.69) is 5.32 Å². The van der Waals surface area contributed by atoms with Crippen LogP contribution in [0.4, 0.5) is 5.69 Å². The Morgan fingerprint density at radius 1 is 1.56 bits per heavy atom. The molecule has 0 bridgehead atoms. The Morgan fingerprint density at radius 2 is 2.25 bits per heavy atom. The lowest BCUT2D eigenvalue weighted by atomic mass is 9.86. The molecule has 1 amide bonds. The van der Waals surface area contributed by atoms with Gasteiger partial charge in [0.05, 0.1) is 5.41 Å². The summed E-state index contributed by atoms with van der Waals surface area (Å²) < 4.78 is 0. The van der Waals surface area contributed by atoms with Crippen LogP contribution >= 0.6 is 11.6 Å². The minimum atomic E-state index is -0.525. The van der Waals surface area contributed by atoms with Gasteiger partial charge < -0.3 is 11.1 Å². The molecule has 1 aromatic rings. The topological polar surface area (TPSA) is 55.1 Å². The Morgan fingerprint density at radius 3 is 2.75 bits per heavy atom. The van der Waals surface area contributed by atoms with Crippen LogP contribution in [-0.2, 0) is 4.79 Å². The predicted octanol–water partition coefficient (Wildman–Crippen LogP) is 2.65. The quantitative estimate of drug-likeness (QED) is 0.850. The Labute approximate surface area is 101 Å². The molecule has 0 fully saturated rings. The summed E-state index contributed by atoms with van der Waals surface area (Å²) in [5.41, 5.74) is 5.79. The van der Waals surface area contributed by atoms with Crippen LogP contribution in [-0.4, -0.2) is 12.5 Å². The third kappa shape index (κ3) is 2.97. The van der Waals surface area contributed by atoms with E-state index < -0.39 is 5.41 Å². The fourth-order valence-electron chi connectivity index (χ4n) is 1.25. The summed E-state index contributed by atoms with van der Waals surface area (Å²) in [7, 11) is 0. The molecule has 1 rings (SSSR count). The van der Waals surface area contributed by atoms with Crippen molar-refractivity contribution in [2.24, 2.45) is 11.1 Å². The second kappa shape index (κ2) is 5.32.